The van der Waals surface area contributed by atoms with Crippen LogP contribution in [0.1, 0.15) is 24.8 Å². The van der Waals surface area contributed by atoms with E-state index in [1.807, 2.05) is 18.2 Å². The lowest BCUT2D eigenvalue weighted by atomic mass is 10.2. The molecular weight excluding hydrogens is 226 g/mol. The number of benzene rings is 1. The number of aryl methyl sites for hydroxylation is 1. The van der Waals surface area contributed by atoms with E-state index < -0.39 is 0 Å². The van der Waals surface area contributed by atoms with Crippen LogP contribution in [0.2, 0.25) is 0 Å². The van der Waals surface area contributed by atoms with Crippen molar-refractivity contribution in [3.63, 3.8) is 0 Å². The molecule has 3 heteroatoms. The zero-order valence-electron chi connectivity index (χ0n) is 10.7. The van der Waals surface area contributed by atoms with Crippen LogP contribution in [0.4, 0.5) is 0 Å². The Hall–Kier alpha value is -1.77. The van der Waals surface area contributed by atoms with Crippen LogP contribution in [0.5, 0.6) is 5.75 Å². The molecule has 1 aromatic rings. The molecular formula is C15H19NO2. The highest BCUT2D eigenvalue weighted by atomic mass is 16.5. The van der Waals surface area contributed by atoms with Gasteiger partial charge in [0.25, 0.3) is 0 Å². The molecule has 0 radical (unpaired) electrons. The molecule has 1 saturated carbocycles. The second kappa shape index (κ2) is 5.71. The Morgan fingerprint density at radius 2 is 2.33 bits per heavy atom. The third-order valence-electron chi connectivity index (χ3n) is 3.21. The topological polar surface area (TPSA) is 38.3 Å². The van der Waals surface area contributed by atoms with Crippen molar-refractivity contribution in [3.05, 3.63) is 42.5 Å². The number of carbonyl (C=O) groups excluding carboxylic acids is 1. The number of rotatable bonds is 4. The predicted molar refractivity (Wildman–Crippen MR) is 71.6 cm³/mol. The van der Waals surface area contributed by atoms with Gasteiger partial charge in [-0.05, 0) is 43.5 Å². The van der Waals surface area contributed by atoms with Crippen LogP contribution in [0, 0.1) is 6.92 Å². The molecule has 1 amide bonds. The van der Waals surface area contributed by atoms with Crippen molar-refractivity contribution in [2.45, 2.75) is 38.3 Å². The molecule has 1 fully saturated rings. The maximum atomic E-state index is 11.2. The molecule has 2 atom stereocenters. The summed E-state index contributed by atoms with van der Waals surface area (Å²) in [6.07, 6.45) is 4.33. The van der Waals surface area contributed by atoms with E-state index in [0.717, 1.165) is 25.0 Å². The van der Waals surface area contributed by atoms with E-state index in [1.54, 1.807) is 0 Å². The Bertz CT molecular complexity index is 442. The van der Waals surface area contributed by atoms with E-state index in [4.69, 9.17) is 4.74 Å². The fourth-order valence-electron chi connectivity index (χ4n) is 2.32. The second-order valence-electron chi connectivity index (χ2n) is 4.78. The Morgan fingerprint density at radius 1 is 1.50 bits per heavy atom. The summed E-state index contributed by atoms with van der Waals surface area (Å²) < 4.78 is 5.92. The predicted octanol–water partition coefficient (Wildman–Crippen LogP) is 2.60. The number of hydrogen-bond acceptors (Lipinski definition) is 2. The molecule has 18 heavy (non-hydrogen) atoms. The van der Waals surface area contributed by atoms with Crippen LogP contribution in [0.15, 0.2) is 36.9 Å². The highest BCUT2D eigenvalue weighted by Gasteiger charge is 2.26. The molecule has 2 rings (SSSR count). The van der Waals surface area contributed by atoms with Crippen LogP contribution in [0.3, 0.4) is 0 Å². The number of amides is 1. The van der Waals surface area contributed by atoms with E-state index in [-0.39, 0.29) is 18.1 Å². The van der Waals surface area contributed by atoms with Gasteiger partial charge in [-0.25, -0.2) is 0 Å². The second-order valence-corrected chi connectivity index (χ2v) is 4.78. The van der Waals surface area contributed by atoms with Gasteiger partial charge in [0.05, 0.1) is 0 Å². The molecule has 0 spiro atoms. The summed E-state index contributed by atoms with van der Waals surface area (Å²) in [5.41, 5.74) is 1.20. The van der Waals surface area contributed by atoms with E-state index in [2.05, 4.69) is 24.9 Å². The van der Waals surface area contributed by atoms with Crippen LogP contribution in [0.25, 0.3) is 0 Å². The van der Waals surface area contributed by atoms with Crippen molar-refractivity contribution in [1.82, 2.24) is 5.32 Å². The van der Waals surface area contributed by atoms with Crippen molar-refractivity contribution in [1.29, 1.82) is 0 Å². The fraction of sp³-hybridized carbons (Fsp3) is 0.400. The van der Waals surface area contributed by atoms with E-state index in [1.165, 1.54) is 11.6 Å². The smallest absolute Gasteiger partial charge is 0.243 e. The number of ether oxygens (including phenoxy) is 1. The van der Waals surface area contributed by atoms with E-state index in [0.29, 0.717) is 0 Å². The standard InChI is InChI=1S/C15H19NO2/c1-3-15(17)16-12-7-8-14(10-12)18-13-6-4-5-11(2)9-13/h3-6,9,12,14H,1,7-8,10H2,2H3,(H,16,17)/t12-,14+/m1/s1. The van der Waals surface area contributed by atoms with Gasteiger partial charge in [-0.3, -0.25) is 4.79 Å². The monoisotopic (exact) mass is 245 g/mol. The Balaban J connectivity index is 1.86. The first kappa shape index (κ1) is 12.7. The van der Waals surface area contributed by atoms with Crippen molar-refractivity contribution in [2.75, 3.05) is 0 Å². The number of carbonyl (C=O) groups is 1. The van der Waals surface area contributed by atoms with Gasteiger partial charge in [-0.2, -0.15) is 0 Å². The maximum absolute atomic E-state index is 11.2. The quantitative estimate of drug-likeness (QED) is 0.828. The minimum atomic E-state index is -0.101. The zero-order valence-corrected chi connectivity index (χ0v) is 10.7. The normalized spacial score (nSPS) is 22.5. The first-order chi connectivity index (χ1) is 8.67. The molecule has 3 nitrogen and oxygen atoms in total. The lowest BCUT2D eigenvalue weighted by Gasteiger charge is -2.15. The first-order valence-electron chi connectivity index (χ1n) is 6.33. The van der Waals surface area contributed by atoms with E-state index >= 15 is 0 Å². The highest BCUT2D eigenvalue weighted by Crippen LogP contribution is 2.25. The molecule has 1 aromatic carbocycles. The van der Waals surface area contributed by atoms with Crippen molar-refractivity contribution >= 4 is 5.91 Å². The number of nitrogens with one attached hydrogen (secondary N) is 1. The minimum Gasteiger partial charge on any atom is -0.490 e. The highest BCUT2D eigenvalue weighted by molar-refractivity contribution is 5.87. The molecule has 0 aliphatic heterocycles. The van der Waals surface area contributed by atoms with Crippen LogP contribution < -0.4 is 10.1 Å². The summed E-state index contributed by atoms with van der Waals surface area (Å²) in [7, 11) is 0. The zero-order chi connectivity index (χ0) is 13.0. The largest absolute Gasteiger partial charge is 0.490 e. The third-order valence-corrected chi connectivity index (χ3v) is 3.21. The third kappa shape index (κ3) is 3.36. The average molecular weight is 245 g/mol. The molecule has 1 N–H and O–H groups in total. The van der Waals surface area contributed by atoms with Crippen LogP contribution in [-0.2, 0) is 4.79 Å². The SMILES string of the molecule is C=CC(=O)N[C@@H]1CC[C@H](Oc2cccc(C)c2)C1. The Kier molecular flexibility index (Phi) is 4.03. The summed E-state index contributed by atoms with van der Waals surface area (Å²) >= 11 is 0. The number of hydrogen-bond donors (Lipinski definition) is 1. The van der Waals surface area contributed by atoms with Gasteiger partial charge in [0.15, 0.2) is 0 Å². The van der Waals surface area contributed by atoms with Gasteiger partial charge in [-0.15, -0.1) is 0 Å². The molecule has 0 saturated heterocycles. The van der Waals surface area contributed by atoms with E-state index in [9.17, 15) is 4.79 Å². The maximum Gasteiger partial charge on any atom is 0.243 e. The van der Waals surface area contributed by atoms with Gasteiger partial charge in [0.1, 0.15) is 11.9 Å². The van der Waals surface area contributed by atoms with Gasteiger partial charge in [0.2, 0.25) is 5.91 Å². The Morgan fingerprint density at radius 3 is 3.06 bits per heavy atom. The Labute approximate surface area is 108 Å². The van der Waals surface area contributed by atoms with Gasteiger partial charge >= 0.3 is 0 Å². The van der Waals surface area contributed by atoms with Crippen molar-refractivity contribution < 1.29 is 9.53 Å². The molecule has 96 valence electrons. The van der Waals surface area contributed by atoms with Crippen molar-refractivity contribution in [3.8, 4) is 5.75 Å². The molecule has 0 heterocycles. The minimum absolute atomic E-state index is 0.101. The van der Waals surface area contributed by atoms with Crippen LogP contribution >= 0.6 is 0 Å². The molecule has 0 bridgehead atoms. The van der Waals surface area contributed by atoms with Gasteiger partial charge < -0.3 is 10.1 Å². The van der Waals surface area contributed by atoms with Crippen molar-refractivity contribution in [2.24, 2.45) is 0 Å². The molecule has 0 aromatic heterocycles. The summed E-state index contributed by atoms with van der Waals surface area (Å²) in [6, 6.07) is 8.27. The summed E-state index contributed by atoms with van der Waals surface area (Å²) in [5.74, 6) is 0.812. The lowest BCUT2D eigenvalue weighted by molar-refractivity contribution is -0.117. The summed E-state index contributed by atoms with van der Waals surface area (Å²) in [6.45, 7) is 5.51. The lowest BCUT2D eigenvalue weighted by Crippen LogP contribution is -2.32. The fourth-order valence-corrected chi connectivity index (χ4v) is 2.32. The van der Waals surface area contributed by atoms with Gasteiger partial charge in [-0.1, -0.05) is 18.7 Å². The molecule has 1 aliphatic rings. The average Bonchev–Trinajstić information content (AvgIpc) is 2.76. The molecule has 0 unspecified atom stereocenters. The summed E-state index contributed by atoms with van der Waals surface area (Å²) in [4.78, 5) is 11.2. The molecule has 1 aliphatic carbocycles. The van der Waals surface area contributed by atoms with Gasteiger partial charge in [0, 0.05) is 12.5 Å². The summed E-state index contributed by atoms with van der Waals surface area (Å²) in [5, 5.41) is 2.92. The first-order valence-corrected chi connectivity index (χ1v) is 6.33. The van der Waals surface area contributed by atoms with Crippen LogP contribution in [-0.4, -0.2) is 18.1 Å².